The maximum Gasteiger partial charge on any atom is 0.249 e. The number of carbonyl (C=O) groups excluding carboxylic acids is 2. The van der Waals surface area contributed by atoms with Crippen LogP contribution in [0.15, 0.2) is 18.6 Å². The van der Waals surface area contributed by atoms with Gasteiger partial charge in [-0.2, -0.15) is 0 Å². The molecule has 0 spiro atoms. The van der Waals surface area contributed by atoms with Gasteiger partial charge in [0.25, 0.3) is 0 Å². The second-order valence-electron chi connectivity index (χ2n) is 6.30. The Kier molecular flexibility index (Phi) is 4.56. The number of rotatable bonds is 4. The molecule has 2 fully saturated rings. The number of nitrogens with two attached hydrogens (primary N) is 1. The van der Waals surface area contributed by atoms with Crippen molar-refractivity contribution < 1.29 is 9.59 Å². The van der Waals surface area contributed by atoms with Gasteiger partial charge in [0.15, 0.2) is 5.54 Å². The van der Waals surface area contributed by atoms with Crippen molar-refractivity contribution in [3.05, 3.63) is 24.3 Å². The van der Waals surface area contributed by atoms with Crippen LogP contribution in [0, 0.1) is 0 Å². The largest absolute Gasteiger partial charge is 0.367 e. The van der Waals surface area contributed by atoms with Crippen molar-refractivity contribution in [3.8, 4) is 0 Å². The van der Waals surface area contributed by atoms with Crippen molar-refractivity contribution in [2.75, 3.05) is 26.2 Å². The molecule has 23 heavy (non-hydrogen) atoms. The Bertz CT molecular complexity index is 573. The van der Waals surface area contributed by atoms with E-state index < -0.39 is 11.4 Å². The van der Waals surface area contributed by atoms with Crippen LogP contribution in [-0.4, -0.2) is 57.8 Å². The Balaban J connectivity index is 1.84. The van der Waals surface area contributed by atoms with E-state index in [1.54, 1.807) is 11.1 Å². The first-order valence-electron chi connectivity index (χ1n) is 8.24. The summed E-state index contributed by atoms with van der Waals surface area (Å²) >= 11 is 0. The van der Waals surface area contributed by atoms with E-state index in [2.05, 4.69) is 14.9 Å². The molecule has 2 saturated heterocycles. The van der Waals surface area contributed by atoms with Gasteiger partial charge in [-0.15, -0.1) is 0 Å². The second kappa shape index (κ2) is 6.62. The van der Waals surface area contributed by atoms with E-state index in [1.807, 2.05) is 0 Å². The molecule has 1 aromatic heterocycles. The van der Waals surface area contributed by atoms with Crippen LogP contribution in [0.25, 0.3) is 0 Å². The fraction of sp³-hybridized carbons (Fsp3) is 0.625. The molecule has 1 atom stereocenters. The second-order valence-corrected chi connectivity index (χ2v) is 6.30. The summed E-state index contributed by atoms with van der Waals surface area (Å²) in [5, 5.41) is 0. The molecule has 7 heteroatoms. The summed E-state index contributed by atoms with van der Waals surface area (Å²) in [7, 11) is 0. The van der Waals surface area contributed by atoms with E-state index in [0.717, 1.165) is 32.4 Å². The summed E-state index contributed by atoms with van der Waals surface area (Å²) in [4.78, 5) is 37.2. The number of hydrogen-bond acceptors (Lipinski definition) is 5. The maximum atomic E-state index is 12.8. The minimum atomic E-state index is -1.15. The molecule has 1 aromatic rings. The first kappa shape index (κ1) is 15.9. The molecule has 3 rings (SSSR count). The van der Waals surface area contributed by atoms with Gasteiger partial charge in [0.05, 0.1) is 18.4 Å². The molecule has 0 saturated carbocycles. The average molecular weight is 317 g/mol. The van der Waals surface area contributed by atoms with E-state index in [0.29, 0.717) is 25.2 Å². The zero-order chi connectivity index (χ0) is 16.3. The number of likely N-dealkylation sites (tertiary alicyclic amines) is 2. The van der Waals surface area contributed by atoms with Gasteiger partial charge in [-0.3, -0.25) is 24.5 Å². The lowest BCUT2D eigenvalue weighted by atomic mass is 9.91. The lowest BCUT2D eigenvalue weighted by Crippen LogP contribution is -2.56. The van der Waals surface area contributed by atoms with Crippen molar-refractivity contribution in [2.24, 2.45) is 5.73 Å². The molecule has 2 N–H and O–H groups in total. The smallest absolute Gasteiger partial charge is 0.249 e. The molecular formula is C16H23N5O2. The van der Waals surface area contributed by atoms with Crippen molar-refractivity contribution in [1.82, 2.24) is 19.8 Å². The van der Waals surface area contributed by atoms with Crippen molar-refractivity contribution in [3.63, 3.8) is 0 Å². The predicted octanol–water partition coefficient (Wildman–Crippen LogP) is 0.265. The Morgan fingerprint density at radius 3 is 2.57 bits per heavy atom. The van der Waals surface area contributed by atoms with Crippen molar-refractivity contribution in [1.29, 1.82) is 0 Å². The van der Waals surface area contributed by atoms with Crippen LogP contribution in [0.2, 0.25) is 0 Å². The molecule has 124 valence electrons. The molecule has 0 bridgehead atoms. The van der Waals surface area contributed by atoms with Crippen LogP contribution in [0.3, 0.4) is 0 Å². The highest BCUT2D eigenvalue weighted by atomic mass is 16.2. The fourth-order valence-corrected chi connectivity index (χ4v) is 3.71. The monoisotopic (exact) mass is 317 g/mol. The van der Waals surface area contributed by atoms with E-state index in [4.69, 9.17) is 5.73 Å². The SMILES string of the molecule is NC(=O)[C@@]1(c2cnccn2)CCCN1C(=O)CN1CCCCC1. The molecule has 7 nitrogen and oxygen atoms in total. The van der Waals surface area contributed by atoms with Gasteiger partial charge in [-0.1, -0.05) is 6.42 Å². The summed E-state index contributed by atoms with van der Waals surface area (Å²) in [5.74, 6) is -0.573. The predicted molar refractivity (Wildman–Crippen MR) is 84.1 cm³/mol. The number of hydrogen-bond donors (Lipinski definition) is 1. The molecule has 2 aliphatic heterocycles. The molecule has 2 aliphatic rings. The molecule has 0 radical (unpaired) electrons. The van der Waals surface area contributed by atoms with Crippen molar-refractivity contribution in [2.45, 2.75) is 37.6 Å². The van der Waals surface area contributed by atoms with Crippen LogP contribution in [-0.2, 0) is 15.1 Å². The molecule has 0 aliphatic carbocycles. The number of carbonyl (C=O) groups is 2. The number of primary amides is 1. The third kappa shape index (κ3) is 2.93. The van der Waals surface area contributed by atoms with Gasteiger partial charge in [0.2, 0.25) is 11.8 Å². The van der Waals surface area contributed by atoms with Gasteiger partial charge in [-0.05, 0) is 38.8 Å². The highest BCUT2D eigenvalue weighted by Crippen LogP contribution is 2.37. The first-order chi connectivity index (χ1) is 11.1. The van der Waals surface area contributed by atoms with E-state index in [1.165, 1.54) is 18.8 Å². The van der Waals surface area contributed by atoms with Gasteiger partial charge in [0, 0.05) is 18.9 Å². The number of aromatic nitrogens is 2. The summed E-state index contributed by atoms with van der Waals surface area (Å²) in [5.41, 5.74) is 5.03. The van der Waals surface area contributed by atoms with Gasteiger partial charge >= 0.3 is 0 Å². The topological polar surface area (TPSA) is 92.4 Å². The standard InChI is InChI=1S/C16H23N5O2/c17-15(23)16(13-11-18-6-7-19-13)5-4-10-21(16)14(22)12-20-8-2-1-3-9-20/h6-7,11H,1-5,8-10,12H2,(H2,17,23)/t16-/m0/s1. The Morgan fingerprint density at radius 2 is 1.91 bits per heavy atom. The summed E-state index contributed by atoms with van der Waals surface area (Å²) in [6.45, 7) is 2.75. The van der Waals surface area contributed by atoms with Crippen LogP contribution in [0.1, 0.15) is 37.8 Å². The van der Waals surface area contributed by atoms with E-state index in [-0.39, 0.29) is 5.91 Å². The minimum Gasteiger partial charge on any atom is -0.367 e. The van der Waals surface area contributed by atoms with Gasteiger partial charge in [-0.25, -0.2) is 0 Å². The van der Waals surface area contributed by atoms with Gasteiger partial charge in [0.1, 0.15) is 0 Å². The normalized spacial score (nSPS) is 25.5. The van der Waals surface area contributed by atoms with Crippen LogP contribution in [0.5, 0.6) is 0 Å². The number of piperidine rings is 1. The number of nitrogens with zero attached hydrogens (tertiary/aromatic N) is 4. The number of amides is 2. The highest BCUT2D eigenvalue weighted by molar-refractivity contribution is 5.92. The van der Waals surface area contributed by atoms with Gasteiger partial charge < -0.3 is 10.6 Å². The zero-order valence-corrected chi connectivity index (χ0v) is 13.3. The lowest BCUT2D eigenvalue weighted by molar-refractivity contribution is -0.145. The van der Waals surface area contributed by atoms with E-state index >= 15 is 0 Å². The molecule has 3 heterocycles. The summed E-state index contributed by atoms with van der Waals surface area (Å²) in [6, 6.07) is 0. The Morgan fingerprint density at radius 1 is 1.13 bits per heavy atom. The highest BCUT2D eigenvalue weighted by Gasteiger charge is 2.51. The van der Waals surface area contributed by atoms with Crippen LogP contribution >= 0.6 is 0 Å². The van der Waals surface area contributed by atoms with Crippen molar-refractivity contribution >= 4 is 11.8 Å². The Labute approximate surface area is 135 Å². The Hall–Kier alpha value is -2.02. The zero-order valence-electron chi connectivity index (χ0n) is 13.3. The average Bonchev–Trinajstić information content (AvgIpc) is 3.03. The van der Waals surface area contributed by atoms with Crippen LogP contribution < -0.4 is 5.73 Å². The summed E-state index contributed by atoms with van der Waals surface area (Å²) < 4.78 is 0. The minimum absolute atomic E-state index is 0.0474. The van der Waals surface area contributed by atoms with Crippen LogP contribution in [0.4, 0.5) is 0 Å². The fourth-order valence-electron chi connectivity index (χ4n) is 3.71. The molecular weight excluding hydrogens is 294 g/mol. The molecule has 0 aromatic carbocycles. The molecule has 0 unspecified atom stereocenters. The third-order valence-corrected chi connectivity index (χ3v) is 4.88. The quantitative estimate of drug-likeness (QED) is 0.860. The third-order valence-electron chi connectivity index (χ3n) is 4.88. The molecule has 2 amide bonds. The van der Waals surface area contributed by atoms with E-state index in [9.17, 15) is 9.59 Å². The first-order valence-corrected chi connectivity index (χ1v) is 8.24. The maximum absolute atomic E-state index is 12.8. The summed E-state index contributed by atoms with van der Waals surface area (Å²) in [6.07, 6.45) is 9.34. The lowest BCUT2D eigenvalue weighted by Gasteiger charge is -2.36.